The van der Waals surface area contributed by atoms with E-state index in [-0.39, 0.29) is 35.9 Å². The van der Waals surface area contributed by atoms with Crippen LogP contribution < -0.4 is 10.1 Å². The minimum atomic E-state index is -0.260. The summed E-state index contributed by atoms with van der Waals surface area (Å²) < 4.78 is 33.6. The van der Waals surface area contributed by atoms with Gasteiger partial charge in [-0.1, -0.05) is 90.6 Å². The Morgan fingerprint density at radius 2 is 1.36 bits per heavy atom. The standard InChI is InChI=1S/C45H63NO8.C8H15NO/c1-11-14-41(32(4)5)40(13-3)42-17-15-37(29-34(42)8)38-16-18-44(46-31-38)54-28-26-52-24-22-50-20-19-49-21-23-51-25-27-53-35(9)30-43(45(48)33(6)7)39(12-2)36(10)47;1-4-5-6-7(2)8(10)9-3/h12-18,29-33H,9,11,19-28H2,1-8,10H3;4,7H,1,5-6H2,2-3H3,(H,9,10)/b39-12-,40-13+,41-14-,43-30+;. The molecule has 0 saturated heterocycles. The fourth-order valence-corrected chi connectivity index (χ4v) is 6.42. The number of pyridine rings is 1. The fourth-order valence-electron chi connectivity index (χ4n) is 6.42. The van der Waals surface area contributed by atoms with Crippen molar-refractivity contribution in [2.45, 2.75) is 88.5 Å². The highest BCUT2D eigenvalue weighted by Gasteiger charge is 2.21. The summed E-state index contributed by atoms with van der Waals surface area (Å²) in [7, 11) is 1.66. The molecule has 11 heteroatoms. The fraction of sp³-hybridized carbons (Fsp3) is 0.509. The first kappa shape index (κ1) is 57.1. The molecule has 0 bridgehead atoms. The van der Waals surface area contributed by atoms with Crippen molar-refractivity contribution in [1.29, 1.82) is 0 Å². The maximum absolute atomic E-state index is 12.6. The van der Waals surface area contributed by atoms with Crippen molar-refractivity contribution >= 4 is 23.0 Å². The van der Waals surface area contributed by atoms with Crippen LogP contribution in [-0.4, -0.2) is 95.6 Å². The predicted molar refractivity (Wildman–Crippen MR) is 260 cm³/mol. The monoisotopic (exact) mass is 887 g/mol. The van der Waals surface area contributed by atoms with Gasteiger partial charge in [-0.2, -0.15) is 0 Å². The molecule has 0 aliphatic carbocycles. The van der Waals surface area contributed by atoms with Gasteiger partial charge >= 0.3 is 0 Å². The van der Waals surface area contributed by atoms with E-state index >= 15 is 0 Å². The van der Waals surface area contributed by atoms with Crippen molar-refractivity contribution in [3.63, 3.8) is 0 Å². The second-order valence-electron chi connectivity index (χ2n) is 15.7. The first-order chi connectivity index (χ1) is 30.7. The molecule has 1 unspecified atom stereocenters. The molecule has 2 aromatic rings. The number of carbonyl (C=O) groups is 3. The van der Waals surface area contributed by atoms with E-state index in [4.69, 9.17) is 28.4 Å². The Bertz CT molecular complexity index is 1850. The number of ether oxygens (including phenoxy) is 6. The topological polar surface area (TPSA) is 132 Å². The predicted octanol–water partition coefficient (Wildman–Crippen LogP) is 10.4. The Kier molecular flexibility index (Phi) is 29.9. The van der Waals surface area contributed by atoms with Crippen molar-refractivity contribution in [3.8, 4) is 17.0 Å². The Hall–Kier alpha value is -4.94. The first-order valence-electron chi connectivity index (χ1n) is 22.6. The van der Waals surface area contributed by atoms with Crippen LogP contribution in [0, 0.1) is 24.7 Å². The third-order valence-corrected chi connectivity index (χ3v) is 9.89. The second kappa shape index (κ2) is 33.6. The van der Waals surface area contributed by atoms with Gasteiger partial charge in [-0.05, 0) is 92.9 Å². The molecule has 354 valence electrons. The summed E-state index contributed by atoms with van der Waals surface area (Å²) in [5.74, 6) is 0.961. The van der Waals surface area contributed by atoms with Crippen molar-refractivity contribution < 1.29 is 42.8 Å². The lowest BCUT2D eigenvalue weighted by Crippen LogP contribution is -2.24. The lowest BCUT2D eigenvalue weighted by atomic mass is 9.86. The van der Waals surface area contributed by atoms with E-state index in [0.717, 1.165) is 30.4 Å². The summed E-state index contributed by atoms with van der Waals surface area (Å²) in [6.07, 6.45) is 14.2. The van der Waals surface area contributed by atoms with E-state index in [1.165, 1.54) is 35.3 Å². The van der Waals surface area contributed by atoms with Gasteiger partial charge in [0.25, 0.3) is 0 Å². The average molecular weight is 887 g/mol. The lowest BCUT2D eigenvalue weighted by molar-refractivity contribution is -0.124. The summed E-state index contributed by atoms with van der Waals surface area (Å²) in [4.78, 5) is 40.0. The molecule has 0 radical (unpaired) electrons. The zero-order valence-electron chi connectivity index (χ0n) is 40.8. The molecule has 1 amide bonds. The number of Topliss-reactive ketones (excluding diaryl/α,β-unsaturated/α-hetero) is 2. The van der Waals surface area contributed by atoms with E-state index in [1.807, 2.05) is 31.3 Å². The number of benzene rings is 1. The molecule has 11 nitrogen and oxygen atoms in total. The van der Waals surface area contributed by atoms with E-state index in [1.54, 1.807) is 33.9 Å². The van der Waals surface area contributed by atoms with Gasteiger partial charge in [-0.25, -0.2) is 4.98 Å². The average Bonchev–Trinajstić information content (AvgIpc) is 3.27. The van der Waals surface area contributed by atoms with Crippen molar-refractivity contribution in [3.05, 3.63) is 114 Å². The summed E-state index contributed by atoms with van der Waals surface area (Å²) in [6.45, 7) is 31.1. The van der Waals surface area contributed by atoms with Crippen LogP contribution in [0.15, 0.2) is 103 Å². The number of nitrogens with one attached hydrogen (secondary N) is 1. The Labute approximate surface area is 385 Å². The Morgan fingerprint density at radius 3 is 1.81 bits per heavy atom. The molecule has 1 N–H and O–H groups in total. The molecule has 0 fully saturated rings. The van der Waals surface area contributed by atoms with Crippen molar-refractivity contribution in [2.75, 3.05) is 73.1 Å². The second-order valence-corrected chi connectivity index (χ2v) is 15.7. The molecular weight excluding hydrogens is 809 g/mol. The third kappa shape index (κ3) is 22.1. The van der Waals surface area contributed by atoms with Crippen LogP contribution in [0.5, 0.6) is 5.88 Å². The highest BCUT2D eigenvalue weighted by molar-refractivity contribution is 6.12. The third-order valence-electron chi connectivity index (χ3n) is 9.89. The van der Waals surface area contributed by atoms with Crippen LogP contribution in [0.3, 0.4) is 0 Å². The lowest BCUT2D eigenvalue weighted by Gasteiger charge is -2.19. The molecule has 2 rings (SSSR count). The molecule has 64 heavy (non-hydrogen) atoms. The van der Waals surface area contributed by atoms with Gasteiger partial charge in [-0.3, -0.25) is 14.4 Å². The number of amides is 1. The SMILES string of the molecule is C=C(/C=C(C(=O)C(C)C)\C(=C/C)C(C)=O)OCCOCCOCCOCCOCCOc1ccc(-c2ccc(C(=C/C)/C(=C\CC)C(C)C)c(C)c2)cn1.C=CCCC(C)C(=O)NC. The maximum Gasteiger partial charge on any atom is 0.222 e. The quantitative estimate of drug-likeness (QED) is 0.0257. The molecule has 1 aromatic heterocycles. The number of aryl methyl sites for hydroxylation is 1. The molecule has 0 aliphatic heterocycles. The van der Waals surface area contributed by atoms with Gasteiger partial charge in [0.15, 0.2) is 11.6 Å². The number of hydrogen-bond acceptors (Lipinski definition) is 10. The number of carbonyl (C=O) groups excluding carboxylic acids is 3. The zero-order chi connectivity index (χ0) is 47.9. The molecule has 1 aromatic carbocycles. The summed E-state index contributed by atoms with van der Waals surface area (Å²) in [5.41, 5.74) is 8.04. The molecule has 0 spiro atoms. The molecule has 0 aliphatic rings. The van der Waals surface area contributed by atoms with E-state index < -0.39 is 0 Å². The number of hydrogen-bond donors (Lipinski definition) is 1. The van der Waals surface area contributed by atoms with Gasteiger partial charge in [0, 0.05) is 47.9 Å². The summed E-state index contributed by atoms with van der Waals surface area (Å²) >= 11 is 0. The van der Waals surface area contributed by atoms with Gasteiger partial charge in [0.1, 0.15) is 19.0 Å². The van der Waals surface area contributed by atoms with Crippen LogP contribution in [0.1, 0.15) is 92.7 Å². The zero-order valence-corrected chi connectivity index (χ0v) is 40.8. The van der Waals surface area contributed by atoms with E-state index in [2.05, 4.69) is 88.4 Å². The number of ketones is 2. The van der Waals surface area contributed by atoms with Crippen LogP contribution in [0.4, 0.5) is 0 Å². The molecule has 1 atom stereocenters. The van der Waals surface area contributed by atoms with Gasteiger partial charge in [0.05, 0.1) is 52.9 Å². The normalized spacial score (nSPS) is 12.7. The minimum Gasteiger partial charge on any atom is -0.492 e. The van der Waals surface area contributed by atoms with Gasteiger partial charge in [-0.15, -0.1) is 6.58 Å². The Morgan fingerprint density at radius 1 is 0.781 bits per heavy atom. The van der Waals surface area contributed by atoms with Crippen molar-refractivity contribution in [2.24, 2.45) is 17.8 Å². The summed E-state index contributed by atoms with van der Waals surface area (Å²) in [6, 6.07) is 10.5. The van der Waals surface area contributed by atoms with E-state index in [9.17, 15) is 14.4 Å². The Balaban J connectivity index is 0.00000181. The molecule has 0 saturated carbocycles. The summed E-state index contributed by atoms with van der Waals surface area (Å²) in [5, 5.41) is 2.60. The molecular formula is C53H78N2O9. The van der Waals surface area contributed by atoms with E-state index in [0.29, 0.717) is 88.2 Å². The smallest absolute Gasteiger partial charge is 0.222 e. The first-order valence-corrected chi connectivity index (χ1v) is 22.6. The van der Waals surface area contributed by atoms with Gasteiger partial charge in [0.2, 0.25) is 11.8 Å². The number of aromatic nitrogens is 1. The highest BCUT2D eigenvalue weighted by Crippen LogP contribution is 2.33. The van der Waals surface area contributed by atoms with Gasteiger partial charge < -0.3 is 33.7 Å². The van der Waals surface area contributed by atoms with Crippen molar-refractivity contribution in [1.82, 2.24) is 10.3 Å². The highest BCUT2D eigenvalue weighted by atomic mass is 16.6. The number of allylic oxidation sites excluding steroid dienone is 9. The maximum atomic E-state index is 12.6. The van der Waals surface area contributed by atoms with Crippen LogP contribution >= 0.6 is 0 Å². The largest absolute Gasteiger partial charge is 0.492 e. The van der Waals surface area contributed by atoms with Crippen LogP contribution in [-0.2, 0) is 38.1 Å². The van der Waals surface area contributed by atoms with Crippen LogP contribution in [0.25, 0.3) is 16.7 Å². The minimum absolute atomic E-state index is 0.113. The number of nitrogens with zero attached hydrogens (tertiary/aromatic N) is 1. The number of rotatable bonds is 31. The molecule has 1 heterocycles. The van der Waals surface area contributed by atoms with Crippen LogP contribution in [0.2, 0.25) is 0 Å².